The molecule has 0 amide bonds. The summed E-state index contributed by atoms with van der Waals surface area (Å²) in [6.45, 7) is 7.11. The molecule has 0 bridgehead atoms. The Hall–Kier alpha value is -2.83. The molecule has 2 aromatic carbocycles. The van der Waals surface area contributed by atoms with Crippen molar-refractivity contribution in [2.45, 2.75) is 20.4 Å². The van der Waals surface area contributed by atoms with E-state index < -0.39 is 0 Å². The van der Waals surface area contributed by atoms with E-state index >= 15 is 0 Å². The van der Waals surface area contributed by atoms with E-state index in [4.69, 9.17) is 9.47 Å². The van der Waals surface area contributed by atoms with Gasteiger partial charge in [-0.15, -0.1) is 0 Å². The fourth-order valence-electron chi connectivity index (χ4n) is 4.20. The Morgan fingerprint density at radius 1 is 1.14 bits per heavy atom. The second-order valence-electron chi connectivity index (χ2n) is 7.40. The van der Waals surface area contributed by atoms with Crippen LogP contribution < -0.4 is 4.74 Å². The smallest absolute Gasteiger partial charge is 0.162 e. The third-order valence-corrected chi connectivity index (χ3v) is 5.62. The highest BCUT2D eigenvalue weighted by molar-refractivity contribution is 6.10. The standard InChI is InChI=1S/C23H26N2O4/c1-15-22(16(2)26)23-19(14-24-10-12-29-13-11-24)21(27)9-8-20(23)25(15)17-4-6-18(28-3)7-5-17/h4-9,27H,10-14H2,1-3H3. The van der Waals surface area contributed by atoms with E-state index in [1.165, 1.54) is 0 Å². The number of morpholine rings is 1. The van der Waals surface area contributed by atoms with E-state index in [1.54, 1.807) is 20.1 Å². The minimum absolute atomic E-state index is 0.00594. The second kappa shape index (κ2) is 7.89. The third-order valence-electron chi connectivity index (χ3n) is 5.62. The summed E-state index contributed by atoms with van der Waals surface area (Å²) >= 11 is 0. The van der Waals surface area contributed by atoms with Crippen LogP contribution in [0.15, 0.2) is 36.4 Å². The molecular weight excluding hydrogens is 368 g/mol. The summed E-state index contributed by atoms with van der Waals surface area (Å²) in [6.07, 6.45) is 0. The highest BCUT2D eigenvalue weighted by atomic mass is 16.5. The molecule has 6 nitrogen and oxygen atoms in total. The van der Waals surface area contributed by atoms with Gasteiger partial charge in [-0.05, 0) is 50.2 Å². The molecule has 0 atom stereocenters. The predicted molar refractivity (Wildman–Crippen MR) is 112 cm³/mol. The van der Waals surface area contributed by atoms with Crippen LogP contribution in [0.1, 0.15) is 28.5 Å². The Labute approximate surface area is 170 Å². The number of phenols is 1. The number of benzene rings is 2. The van der Waals surface area contributed by atoms with Gasteiger partial charge in [-0.2, -0.15) is 0 Å². The molecule has 0 unspecified atom stereocenters. The van der Waals surface area contributed by atoms with Crippen molar-refractivity contribution in [1.29, 1.82) is 0 Å². The molecule has 29 heavy (non-hydrogen) atoms. The van der Waals surface area contributed by atoms with E-state index in [9.17, 15) is 9.90 Å². The molecule has 4 rings (SSSR count). The minimum atomic E-state index is -0.00594. The first-order valence-corrected chi connectivity index (χ1v) is 9.82. The van der Waals surface area contributed by atoms with Crippen molar-refractivity contribution in [3.63, 3.8) is 0 Å². The van der Waals surface area contributed by atoms with Crippen LogP contribution in [0.3, 0.4) is 0 Å². The quantitative estimate of drug-likeness (QED) is 0.669. The Morgan fingerprint density at radius 2 is 1.83 bits per heavy atom. The Balaban J connectivity index is 1.92. The van der Waals surface area contributed by atoms with E-state index in [-0.39, 0.29) is 11.5 Å². The van der Waals surface area contributed by atoms with Gasteiger partial charge in [-0.25, -0.2) is 0 Å². The number of hydrogen-bond donors (Lipinski definition) is 1. The molecule has 1 saturated heterocycles. The largest absolute Gasteiger partial charge is 0.508 e. The number of hydrogen-bond acceptors (Lipinski definition) is 5. The molecule has 2 heterocycles. The highest BCUT2D eigenvalue weighted by Gasteiger charge is 2.24. The Bertz CT molecular complexity index is 1050. The normalized spacial score (nSPS) is 15.0. The molecule has 0 radical (unpaired) electrons. The maximum absolute atomic E-state index is 12.6. The van der Waals surface area contributed by atoms with E-state index in [2.05, 4.69) is 9.47 Å². The number of carbonyl (C=O) groups excluding carboxylic acids is 1. The van der Waals surface area contributed by atoms with Gasteiger partial charge in [0.15, 0.2) is 5.78 Å². The van der Waals surface area contributed by atoms with Crippen LogP contribution in [-0.4, -0.2) is 53.8 Å². The first kappa shape index (κ1) is 19.5. The molecule has 0 aliphatic carbocycles. The summed E-state index contributed by atoms with van der Waals surface area (Å²) in [5.41, 5.74) is 4.19. The topological polar surface area (TPSA) is 63.9 Å². The number of aromatic hydroxyl groups is 1. The van der Waals surface area contributed by atoms with Crippen molar-refractivity contribution in [2.75, 3.05) is 33.4 Å². The van der Waals surface area contributed by atoms with Crippen molar-refractivity contribution in [1.82, 2.24) is 9.47 Å². The van der Waals surface area contributed by atoms with E-state index in [0.717, 1.165) is 46.7 Å². The molecule has 152 valence electrons. The molecule has 3 aromatic rings. The SMILES string of the molecule is COc1ccc(-n2c(C)c(C(C)=O)c3c(CN4CCOCC4)c(O)ccc32)cc1. The predicted octanol–water partition coefficient (Wildman–Crippen LogP) is 3.69. The molecule has 1 aliphatic rings. The number of phenolic OH excluding ortho intramolecular Hbond substituents is 1. The number of aromatic nitrogens is 1. The number of ketones is 1. The van der Waals surface area contributed by atoms with Crippen LogP contribution in [-0.2, 0) is 11.3 Å². The number of rotatable bonds is 5. The van der Waals surface area contributed by atoms with E-state index in [1.807, 2.05) is 37.3 Å². The Kier molecular flexibility index (Phi) is 5.30. The molecule has 1 fully saturated rings. The summed E-state index contributed by atoms with van der Waals surface area (Å²) in [5.74, 6) is 0.993. The number of methoxy groups -OCH3 is 1. The monoisotopic (exact) mass is 394 g/mol. The molecule has 1 N–H and O–H groups in total. The van der Waals surface area contributed by atoms with Crippen LogP contribution in [0.4, 0.5) is 0 Å². The van der Waals surface area contributed by atoms with Crippen molar-refractivity contribution >= 4 is 16.7 Å². The first-order chi connectivity index (χ1) is 14.0. The van der Waals surface area contributed by atoms with E-state index in [0.29, 0.717) is 25.3 Å². The van der Waals surface area contributed by atoms with Crippen LogP contribution in [0, 0.1) is 6.92 Å². The summed E-state index contributed by atoms with van der Waals surface area (Å²) < 4.78 is 12.8. The Morgan fingerprint density at radius 3 is 2.45 bits per heavy atom. The van der Waals surface area contributed by atoms with Gasteiger partial charge in [0.25, 0.3) is 0 Å². The fraction of sp³-hybridized carbons (Fsp3) is 0.348. The lowest BCUT2D eigenvalue weighted by Crippen LogP contribution is -2.35. The van der Waals surface area contributed by atoms with Gasteiger partial charge in [-0.1, -0.05) is 0 Å². The summed E-state index contributed by atoms with van der Waals surface area (Å²) in [4.78, 5) is 14.9. The summed E-state index contributed by atoms with van der Waals surface area (Å²) in [7, 11) is 1.64. The van der Waals surface area contributed by atoms with Gasteiger partial charge in [0, 0.05) is 47.5 Å². The van der Waals surface area contributed by atoms with Crippen LogP contribution in [0.2, 0.25) is 0 Å². The number of fused-ring (bicyclic) bond motifs is 1. The average Bonchev–Trinajstić information content (AvgIpc) is 3.03. The molecule has 6 heteroatoms. The maximum atomic E-state index is 12.6. The average molecular weight is 394 g/mol. The van der Waals surface area contributed by atoms with Crippen molar-refractivity contribution in [3.8, 4) is 17.2 Å². The molecule has 1 aliphatic heterocycles. The van der Waals surface area contributed by atoms with Crippen molar-refractivity contribution in [2.24, 2.45) is 0 Å². The van der Waals surface area contributed by atoms with Gasteiger partial charge in [0.1, 0.15) is 11.5 Å². The van der Waals surface area contributed by atoms with Crippen molar-refractivity contribution in [3.05, 3.63) is 53.2 Å². The second-order valence-corrected chi connectivity index (χ2v) is 7.40. The number of carbonyl (C=O) groups is 1. The van der Waals surface area contributed by atoms with Gasteiger partial charge in [-0.3, -0.25) is 9.69 Å². The van der Waals surface area contributed by atoms with Gasteiger partial charge in [0.2, 0.25) is 0 Å². The molecule has 0 saturated carbocycles. The zero-order chi connectivity index (χ0) is 20.5. The van der Waals surface area contributed by atoms with Crippen molar-refractivity contribution < 1.29 is 19.4 Å². The molecule has 0 spiro atoms. The van der Waals surface area contributed by atoms with Crippen LogP contribution >= 0.6 is 0 Å². The molecule has 1 aromatic heterocycles. The van der Waals surface area contributed by atoms with Gasteiger partial charge in [0.05, 0.1) is 25.8 Å². The van der Waals surface area contributed by atoms with Gasteiger partial charge < -0.3 is 19.1 Å². The molecular formula is C23H26N2O4. The van der Waals surface area contributed by atoms with Crippen LogP contribution in [0.5, 0.6) is 11.5 Å². The lowest BCUT2D eigenvalue weighted by Gasteiger charge is -2.27. The van der Waals surface area contributed by atoms with Gasteiger partial charge >= 0.3 is 0 Å². The summed E-state index contributed by atoms with van der Waals surface area (Å²) in [6, 6.07) is 11.4. The number of Topliss-reactive ketones (excluding diaryl/α,β-unsaturated/α-hetero) is 1. The lowest BCUT2D eigenvalue weighted by molar-refractivity contribution is 0.0340. The minimum Gasteiger partial charge on any atom is -0.508 e. The fourth-order valence-corrected chi connectivity index (χ4v) is 4.20. The zero-order valence-electron chi connectivity index (χ0n) is 17.1. The number of ether oxygens (including phenoxy) is 2. The lowest BCUT2D eigenvalue weighted by atomic mass is 10.0. The highest BCUT2D eigenvalue weighted by Crippen LogP contribution is 2.37. The van der Waals surface area contributed by atoms with Crippen LogP contribution in [0.25, 0.3) is 16.6 Å². The third kappa shape index (κ3) is 3.50. The maximum Gasteiger partial charge on any atom is 0.162 e. The zero-order valence-corrected chi connectivity index (χ0v) is 17.1. The number of nitrogens with zero attached hydrogens (tertiary/aromatic N) is 2. The first-order valence-electron chi connectivity index (χ1n) is 9.82. The summed E-state index contributed by atoms with van der Waals surface area (Å²) in [5, 5.41) is 11.5.